The van der Waals surface area contributed by atoms with Gasteiger partial charge in [0.05, 0.1) is 5.69 Å². The Labute approximate surface area is 101 Å². The fraction of sp³-hybridized carbons (Fsp3) is 0.273. The number of carbonyl (C=O) groups excluding carboxylic acids is 2. The van der Waals surface area contributed by atoms with Gasteiger partial charge in [-0.05, 0) is 12.1 Å². The fourth-order valence-corrected chi connectivity index (χ4v) is 1.55. The predicted molar refractivity (Wildman–Crippen MR) is 57.9 cm³/mol. The topological polar surface area (TPSA) is 58.6 Å². The molecule has 1 aliphatic rings. The van der Waals surface area contributed by atoms with E-state index >= 15 is 0 Å². The lowest BCUT2D eigenvalue weighted by molar-refractivity contribution is -0.119. The second kappa shape index (κ2) is 4.59. The third-order valence-electron chi connectivity index (χ3n) is 2.61. The Balaban J connectivity index is 2.10. The van der Waals surface area contributed by atoms with Crippen LogP contribution >= 0.6 is 0 Å². The first kappa shape index (κ1) is 12.3. The van der Waals surface area contributed by atoms with E-state index in [1.165, 1.54) is 7.05 Å². The summed E-state index contributed by atoms with van der Waals surface area (Å²) in [5.74, 6) is -2.20. The van der Waals surface area contributed by atoms with Gasteiger partial charge in [0.1, 0.15) is 24.3 Å². The Morgan fingerprint density at radius 3 is 2.78 bits per heavy atom. The number of cyclic esters (lactones) is 1. The molecule has 7 heteroatoms. The number of amides is 2. The number of nitrogens with zero attached hydrogens (tertiary/aromatic N) is 1. The summed E-state index contributed by atoms with van der Waals surface area (Å²) in [6, 6.07) is 1.98. The molecule has 5 nitrogen and oxygen atoms in total. The van der Waals surface area contributed by atoms with Crippen molar-refractivity contribution in [3.05, 3.63) is 29.8 Å². The molecule has 0 aliphatic carbocycles. The standard InChI is InChI=1S/C11H10F2N2O3/c1-15-9(5-18-11(15)17)10(16)14-8-3-2-6(12)4-7(8)13/h2-4,9H,5H2,1H3,(H,14,16). The number of carbonyl (C=O) groups is 2. The van der Waals surface area contributed by atoms with Crippen LogP contribution in [0.15, 0.2) is 18.2 Å². The number of hydrogen-bond acceptors (Lipinski definition) is 3. The number of ether oxygens (including phenoxy) is 1. The van der Waals surface area contributed by atoms with Crippen molar-refractivity contribution in [2.45, 2.75) is 6.04 Å². The van der Waals surface area contributed by atoms with Gasteiger partial charge in [-0.15, -0.1) is 0 Å². The minimum Gasteiger partial charge on any atom is -0.447 e. The number of nitrogens with one attached hydrogen (secondary N) is 1. The largest absolute Gasteiger partial charge is 0.447 e. The minimum atomic E-state index is -0.878. The molecule has 1 unspecified atom stereocenters. The van der Waals surface area contributed by atoms with Crippen LogP contribution in [0.2, 0.25) is 0 Å². The van der Waals surface area contributed by atoms with E-state index < -0.39 is 29.7 Å². The zero-order valence-corrected chi connectivity index (χ0v) is 9.44. The lowest BCUT2D eigenvalue weighted by atomic mass is 10.2. The number of likely N-dealkylation sites (N-methyl/N-ethyl adjacent to an activating group) is 1. The van der Waals surface area contributed by atoms with E-state index in [2.05, 4.69) is 10.1 Å². The Kier molecular flexibility index (Phi) is 3.14. The van der Waals surface area contributed by atoms with Crippen molar-refractivity contribution in [2.24, 2.45) is 0 Å². The summed E-state index contributed by atoms with van der Waals surface area (Å²) >= 11 is 0. The first-order chi connectivity index (χ1) is 8.49. The molecule has 1 saturated heterocycles. The molecule has 1 fully saturated rings. The van der Waals surface area contributed by atoms with Crippen molar-refractivity contribution in [2.75, 3.05) is 19.0 Å². The van der Waals surface area contributed by atoms with Crippen LogP contribution in [0.3, 0.4) is 0 Å². The van der Waals surface area contributed by atoms with E-state index in [1.807, 2.05) is 0 Å². The third-order valence-corrected chi connectivity index (χ3v) is 2.61. The molecule has 1 aliphatic heterocycles. The van der Waals surface area contributed by atoms with E-state index in [0.29, 0.717) is 6.07 Å². The van der Waals surface area contributed by atoms with Crippen molar-refractivity contribution in [3.8, 4) is 0 Å². The van der Waals surface area contributed by atoms with Gasteiger partial charge in [0.2, 0.25) is 0 Å². The number of hydrogen-bond donors (Lipinski definition) is 1. The van der Waals surface area contributed by atoms with Gasteiger partial charge in [-0.3, -0.25) is 9.69 Å². The van der Waals surface area contributed by atoms with Gasteiger partial charge in [-0.25, -0.2) is 13.6 Å². The highest BCUT2D eigenvalue weighted by Gasteiger charge is 2.35. The average Bonchev–Trinajstić information content (AvgIpc) is 2.64. The number of rotatable bonds is 2. The molecule has 0 saturated carbocycles. The van der Waals surface area contributed by atoms with Crippen molar-refractivity contribution in [1.82, 2.24) is 4.90 Å². The summed E-state index contributed by atoms with van der Waals surface area (Å²) in [6.07, 6.45) is -0.616. The van der Waals surface area contributed by atoms with Crippen LogP contribution in [0.4, 0.5) is 19.3 Å². The minimum absolute atomic E-state index is 0.0933. The molecule has 2 rings (SSSR count). The molecule has 1 atom stereocenters. The van der Waals surface area contributed by atoms with Gasteiger partial charge in [0, 0.05) is 13.1 Å². The second-order valence-corrected chi connectivity index (χ2v) is 3.82. The monoisotopic (exact) mass is 256 g/mol. The van der Waals surface area contributed by atoms with E-state index in [9.17, 15) is 18.4 Å². The van der Waals surface area contributed by atoms with E-state index in [4.69, 9.17) is 0 Å². The summed E-state index contributed by atoms with van der Waals surface area (Å²) in [6.45, 7) is -0.0933. The van der Waals surface area contributed by atoms with Gasteiger partial charge in [0.25, 0.3) is 5.91 Å². The van der Waals surface area contributed by atoms with Crippen LogP contribution in [0.1, 0.15) is 0 Å². The summed E-state index contributed by atoms with van der Waals surface area (Å²) in [4.78, 5) is 23.9. The van der Waals surface area contributed by atoms with Gasteiger partial charge in [0.15, 0.2) is 0 Å². The second-order valence-electron chi connectivity index (χ2n) is 3.82. The van der Waals surface area contributed by atoms with E-state index in [1.54, 1.807) is 0 Å². The SMILES string of the molecule is CN1C(=O)OCC1C(=O)Nc1ccc(F)cc1F. The van der Waals surface area contributed by atoms with Crippen molar-refractivity contribution in [1.29, 1.82) is 0 Å². The lowest BCUT2D eigenvalue weighted by Crippen LogP contribution is -2.40. The molecule has 0 spiro atoms. The van der Waals surface area contributed by atoms with Gasteiger partial charge < -0.3 is 10.1 Å². The summed E-state index contributed by atoms with van der Waals surface area (Å²) in [7, 11) is 1.40. The van der Waals surface area contributed by atoms with Crippen LogP contribution in [0.25, 0.3) is 0 Å². The average molecular weight is 256 g/mol. The molecule has 1 heterocycles. The lowest BCUT2D eigenvalue weighted by Gasteiger charge is -2.15. The Morgan fingerprint density at radius 1 is 1.50 bits per heavy atom. The van der Waals surface area contributed by atoms with Crippen LogP contribution in [-0.2, 0) is 9.53 Å². The van der Waals surface area contributed by atoms with Crippen LogP contribution < -0.4 is 5.32 Å². The predicted octanol–water partition coefficient (Wildman–Crippen LogP) is 1.35. The molecular weight excluding hydrogens is 246 g/mol. The number of benzene rings is 1. The van der Waals surface area contributed by atoms with Crippen molar-refractivity contribution in [3.63, 3.8) is 0 Å². The van der Waals surface area contributed by atoms with Crippen LogP contribution in [0, 0.1) is 11.6 Å². The summed E-state index contributed by atoms with van der Waals surface area (Å²) < 4.78 is 30.6. The molecule has 0 aromatic heterocycles. The van der Waals surface area contributed by atoms with Crippen LogP contribution in [-0.4, -0.2) is 36.6 Å². The molecule has 0 bridgehead atoms. The normalized spacial score (nSPS) is 18.7. The zero-order valence-electron chi connectivity index (χ0n) is 9.44. The van der Waals surface area contributed by atoms with Gasteiger partial charge >= 0.3 is 6.09 Å². The zero-order chi connectivity index (χ0) is 13.3. The Bertz CT molecular complexity index is 507. The fourth-order valence-electron chi connectivity index (χ4n) is 1.55. The van der Waals surface area contributed by atoms with E-state index in [0.717, 1.165) is 17.0 Å². The molecule has 1 N–H and O–H groups in total. The summed E-state index contributed by atoms with van der Waals surface area (Å²) in [5.41, 5.74) is -0.144. The van der Waals surface area contributed by atoms with Crippen molar-refractivity contribution >= 4 is 17.7 Å². The Hall–Kier alpha value is -2.18. The number of anilines is 1. The third kappa shape index (κ3) is 2.24. The molecule has 18 heavy (non-hydrogen) atoms. The molecule has 1 aromatic carbocycles. The number of halogens is 2. The highest BCUT2D eigenvalue weighted by atomic mass is 19.1. The van der Waals surface area contributed by atoms with Gasteiger partial charge in [-0.2, -0.15) is 0 Å². The maximum absolute atomic E-state index is 13.3. The molecule has 2 amide bonds. The quantitative estimate of drug-likeness (QED) is 0.869. The van der Waals surface area contributed by atoms with E-state index in [-0.39, 0.29) is 12.3 Å². The van der Waals surface area contributed by atoms with Crippen molar-refractivity contribution < 1.29 is 23.1 Å². The smallest absolute Gasteiger partial charge is 0.410 e. The van der Waals surface area contributed by atoms with Crippen LogP contribution in [0.5, 0.6) is 0 Å². The molecular formula is C11H10F2N2O3. The first-order valence-electron chi connectivity index (χ1n) is 5.14. The highest BCUT2D eigenvalue weighted by molar-refractivity contribution is 5.97. The Morgan fingerprint density at radius 2 is 2.22 bits per heavy atom. The molecule has 0 radical (unpaired) electrons. The highest BCUT2D eigenvalue weighted by Crippen LogP contribution is 2.17. The maximum atomic E-state index is 13.3. The molecule has 96 valence electrons. The van der Waals surface area contributed by atoms with Gasteiger partial charge in [-0.1, -0.05) is 0 Å². The molecule has 1 aromatic rings. The maximum Gasteiger partial charge on any atom is 0.410 e. The first-order valence-corrected chi connectivity index (χ1v) is 5.14. The summed E-state index contributed by atoms with van der Waals surface area (Å²) in [5, 5.41) is 2.28.